The van der Waals surface area contributed by atoms with Gasteiger partial charge in [0, 0.05) is 35.6 Å². The van der Waals surface area contributed by atoms with E-state index in [0.29, 0.717) is 19.6 Å². The average molecular weight is 350 g/mol. The summed E-state index contributed by atoms with van der Waals surface area (Å²) in [4.78, 5) is 17.4. The third-order valence-electron chi connectivity index (χ3n) is 5.14. The van der Waals surface area contributed by atoms with E-state index in [-0.39, 0.29) is 11.8 Å². The molecule has 2 aromatic carbocycles. The average Bonchev–Trinajstić information content (AvgIpc) is 3.02. The molecule has 1 aromatic heterocycles. The van der Waals surface area contributed by atoms with Crippen molar-refractivity contribution in [2.45, 2.75) is 20.4 Å². The van der Waals surface area contributed by atoms with E-state index in [0.717, 1.165) is 44.1 Å². The standard InChI is InChI=1S/C20H22N4O2/c1-11-16-10-24(20(26)22-7-6-21)8-5-14(16)12(2)19-18(11)15-9-13(25)3-4-17(15)23-19/h3-5,8-9,23,25H,6-7,10,21H2,1-2H3,(H,22,26). The molecule has 2 amide bonds. The van der Waals surface area contributed by atoms with Gasteiger partial charge in [0.2, 0.25) is 0 Å². The van der Waals surface area contributed by atoms with Crippen LogP contribution >= 0.6 is 0 Å². The number of H-pyrrole nitrogens is 1. The van der Waals surface area contributed by atoms with Crippen LogP contribution in [0.25, 0.3) is 27.9 Å². The van der Waals surface area contributed by atoms with E-state index in [1.54, 1.807) is 17.0 Å². The number of aromatic nitrogens is 1. The van der Waals surface area contributed by atoms with E-state index in [4.69, 9.17) is 5.73 Å². The van der Waals surface area contributed by atoms with Gasteiger partial charge in [-0.25, -0.2) is 4.79 Å². The van der Waals surface area contributed by atoms with Crippen molar-refractivity contribution in [3.63, 3.8) is 0 Å². The zero-order valence-electron chi connectivity index (χ0n) is 14.9. The van der Waals surface area contributed by atoms with Gasteiger partial charge in [-0.1, -0.05) is 0 Å². The summed E-state index contributed by atoms with van der Waals surface area (Å²) >= 11 is 0. The first-order valence-electron chi connectivity index (χ1n) is 8.70. The highest BCUT2D eigenvalue weighted by atomic mass is 16.3. The Morgan fingerprint density at radius 3 is 2.92 bits per heavy atom. The Labute approximate surface area is 151 Å². The Kier molecular flexibility index (Phi) is 3.85. The van der Waals surface area contributed by atoms with Crippen molar-refractivity contribution in [3.8, 4) is 5.75 Å². The molecule has 6 heteroatoms. The summed E-state index contributed by atoms with van der Waals surface area (Å²) in [5.41, 5.74) is 12.1. The minimum Gasteiger partial charge on any atom is -0.508 e. The molecule has 3 aromatic rings. The van der Waals surface area contributed by atoms with Crippen LogP contribution in [0, 0.1) is 13.8 Å². The fourth-order valence-corrected chi connectivity index (χ4v) is 3.80. The first-order valence-corrected chi connectivity index (χ1v) is 8.70. The number of amides is 2. The van der Waals surface area contributed by atoms with Crippen molar-refractivity contribution in [2.24, 2.45) is 5.73 Å². The Morgan fingerprint density at radius 1 is 1.35 bits per heavy atom. The van der Waals surface area contributed by atoms with Crippen molar-refractivity contribution in [1.82, 2.24) is 15.2 Å². The highest BCUT2D eigenvalue weighted by Crippen LogP contribution is 2.38. The zero-order valence-corrected chi connectivity index (χ0v) is 14.9. The lowest BCUT2D eigenvalue weighted by Crippen LogP contribution is -2.39. The molecule has 6 nitrogen and oxygen atoms in total. The first kappa shape index (κ1) is 16.5. The van der Waals surface area contributed by atoms with Gasteiger partial charge in [0.25, 0.3) is 0 Å². The third-order valence-corrected chi connectivity index (χ3v) is 5.14. The smallest absolute Gasteiger partial charge is 0.321 e. The second-order valence-corrected chi connectivity index (χ2v) is 6.71. The van der Waals surface area contributed by atoms with E-state index in [1.807, 2.05) is 18.3 Å². The summed E-state index contributed by atoms with van der Waals surface area (Å²) in [6.45, 7) is 5.54. The molecule has 0 saturated carbocycles. The number of nitrogens with zero attached hydrogens (tertiary/aromatic N) is 1. The van der Waals surface area contributed by atoms with Crippen LogP contribution in [0.1, 0.15) is 22.3 Å². The van der Waals surface area contributed by atoms with Crippen LogP contribution < -0.4 is 11.1 Å². The van der Waals surface area contributed by atoms with Crippen LogP contribution in [-0.2, 0) is 6.54 Å². The summed E-state index contributed by atoms with van der Waals surface area (Å²) < 4.78 is 0. The van der Waals surface area contributed by atoms with Gasteiger partial charge in [0.15, 0.2) is 0 Å². The maximum atomic E-state index is 12.3. The third kappa shape index (κ3) is 2.42. The summed E-state index contributed by atoms with van der Waals surface area (Å²) in [5.74, 6) is 0.246. The lowest BCUT2D eigenvalue weighted by Gasteiger charge is -2.27. The number of fused-ring (bicyclic) bond motifs is 4. The molecule has 2 heterocycles. The van der Waals surface area contributed by atoms with Gasteiger partial charge < -0.3 is 21.1 Å². The normalized spacial score (nSPS) is 13.4. The number of aromatic hydroxyl groups is 1. The predicted octanol–water partition coefficient (Wildman–Crippen LogP) is 3.10. The number of carbonyl (C=O) groups excluding carboxylic acids is 1. The van der Waals surface area contributed by atoms with E-state index < -0.39 is 0 Å². The number of carbonyl (C=O) groups is 1. The maximum Gasteiger partial charge on any atom is 0.321 e. The summed E-state index contributed by atoms with van der Waals surface area (Å²) in [6.07, 6.45) is 3.81. The van der Waals surface area contributed by atoms with Gasteiger partial charge in [-0.15, -0.1) is 0 Å². The molecule has 134 valence electrons. The highest BCUT2D eigenvalue weighted by molar-refractivity contribution is 6.11. The van der Waals surface area contributed by atoms with Crippen LogP contribution in [0.5, 0.6) is 5.75 Å². The number of nitrogens with one attached hydrogen (secondary N) is 2. The molecule has 5 N–H and O–H groups in total. The monoisotopic (exact) mass is 350 g/mol. The Balaban J connectivity index is 1.88. The number of benzene rings is 2. The molecule has 0 saturated heterocycles. The van der Waals surface area contributed by atoms with Gasteiger partial charge in [-0.3, -0.25) is 4.90 Å². The van der Waals surface area contributed by atoms with Crippen molar-refractivity contribution in [3.05, 3.63) is 46.7 Å². The largest absolute Gasteiger partial charge is 0.508 e. The summed E-state index contributed by atoms with van der Waals surface area (Å²) in [5, 5.41) is 14.8. The topological polar surface area (TPSA) is 94.4 Å². The molecule has 0 unspecified atom stereocenters. The van der Waals surface area contributed by atoms with E-state index >= 15 is 0 Å². The fourth-order valence-electron chi connectivity index (χ4n) is 3.80. The van der Waals surface area contributed by atoms with Crippen LogP contribution in [0.2, 0.25) is 0 Å². The van der Waals surface area contributed by atoms with Crippen molar-refractivity contribution >= 4 is 33.9 Å². The molecule has 1 aliphatic rings. The lowest BCUT2D eigenvalue weighted by molar-refractivity contribution is 0.213. The number of hydrogen-bond acceptors (Lipinski definition) is 3. The molecule has 1 aliphatic heterocycles. The maximum absolute atomic E-state index is 12.3. The Bertz CT molecular complexity index is 1070. The highest BCUT2D eigenvalue weighted by Gasteiger charge is 2.23. The van der Waals surface area contributed by atoms with Gasteiger partial charge in [-0.05, 0) is 60.4 Å². The van der Waals surface area contributed by atoms with Crippen LogP contribution in [0.3, 0.4) is 0 Å². The molecule has 0 radical (unpaired) electrons. The summed E-state index contributed by atoms with van der Waals surface area (Å²) in [7, 11) is 0. The molecule has 0 bridgehead atoms. The van der Waals surface area contributed by atoms with Crippen molar-refractivity contribution in [1.29, 1.82) is 0 Å². The minimum absolute atomic E-state index is 0.147. The number of aryl methyl sites for hydroxylation is 2. The SMILES string of the molecule is Cc1c2c(c(C)c3c1[nH]c1ccc(O)cc13)CN(C(=O)NCCN)C=C2. The van der Waals surface area contributed by atoms with Gasteiger partial charge in [-0.2, -0.15) is 0 Å². The van der Waals surface area contributed by atoms with Crippen LogP contribution in [0.4, 0.5) is 4.79 Å². The number of aromatic amines is 1. The Hall–Kier alpha value is -2.99. The number of rotatable bonds is 2. The number of phenols is 1. The Morgan fingerprint density at radius 2 is 2.15 bits per heavy atom. The first-order chi connectivity index (χ1) is 12.5. The van der Waals surface area contributed by atoms with E-state index in [9.17, 15) is 9.90 Å². The summed E-state index contributed by atoms with van der Waals surface area (Å²) in [6, 6.07) is 5.22. The molecular formula is C20H22N4O2. The van der Waals surface area contributed by atoms with Crippen molar-refractivity contribution in [2.75, 3.05) is 13.1 Å². The molecule has 0 spiro atoms. The van der Waals surface area contributed by atoms with Gasteiger partial charge >= 0.3 is 6.03 Å². The molecule has 0 aliphatic carbocycles. The number of urea groups is 1. The van der Waals surface area contributed by atoms with Gasteiger partial charge in [0.05, 0.1) is 12.1 Å². The number of nitrogens with two attached hydrogens (primary N) is 1. The predicted molar refractivity (Wildman–Crippen MR) is 104 cm³/mol. The zero-order chi connectivity index (χ0) is 18.4. The number of hydrogen-bond donors (Lipinski definition) is 4. The molecule has 26 heavy (non-hydrogen) atoms. The van der Waals surface area contributed by atoms with E-state index in [2.05, 4.69) is 24.1 Å². The lowest BCUT2D eigenvalue weighted by atomic mass is 9.90. The minimum atomic E-state index is -0.147. The van der Waals surface area contributed by atoms with Gasteiger partial charge in [0.1, 0.15) is 5.75 Å². The van der Waals surface area contributed by atoms with E-state index in [1.165, 1.54) is 0 Å². The molecule has 4 rings (SSSR count). The molecule has 0 atom stereocenters. The number of phenolic OH excluding ortho intramolecular Hbond substituents is 1. The second-order valence-electron chi connectivity index (χ2n) is 6.71. The van der Waals surface area contributed by atoms with Crippen LogP contribution in [-0.4, -0.2) is 34.1 Å². The molecular weight excluding hydrogens is 328 g/mol. The quantitative estimate of drug-likeness (QED) is 0.572. The molecule has 0 fully saturated rings. The van der Waals surface area contributed by atoms with Crippen LogP contribution in [0.15, 0.2) is 24.4 Å². The second kappa shape index (κ2) is 6.07. The van der Waals surface area contributed by atoms with Crippen molar-refractivity contribution < 1.29 is 9.90 Å². The fraction of sp³-hybridized carbons (Fsp3) is 0.250.